The van der Waals surface area contributed by atoms with Gasteiger partial charge in [-0.3, -0.25) is 0 Å². The van der Waals surface area contributed by atoms with E-state index in [1.54, 1.807) is 0 Å². The molecule has 0 amide bonds. The molecule has 0 aliphatic rings. The Bertz CT molecular complexity index is 2540. The zero-order valence-electron chi connectivity index (χ0n) is 24.2. The van der Waals surface area contributed by atoms with Crippen molar-refractivity contribution in [2.75, 3.05) is 0 Å². The summed E-state index contributed by atoms with van der Waals surface area (Å²) in [7, 11) is 0. The SMILES string of the molecule is c1ccc(-c2ccccc2-c2c3ccccc3c(-c3ccc4ccc5ccccc5c4c3)c3ccc4ccccc4c23)cc1. The lowest BCUT2D eigenvalue weighted by Crippen LogP contribution is -1.94. The quantitative estimate of drug-likeness (QED) is 0.150. The summed E-state index contributed by atoms with van der Waals surface area (Å²) in [6, 6.07) is 62.3. The van der Waals surface area contributed by atoms with Gasteiger partial charge < -0.3 is 0 Å². The molecule has 0 saturated carbocycles. The Morgan fingerprint density at radius 2 is 0.773 bits per heavy atom. The van der Waals surface area contributed by atoms with Gasteiger partial charge in [-0.05, 0) is 93.3 Å². The molecule has 0 radical (unpaired) electrons. The lowest BCUT2D eigenvalue weighted by atomic mass is 9.82. The predicted octanol–water partition coefficient (Wildman–Crippen LogP) is 12.5. The van der Waals surface area contributed by atoms with E-state index in [0.717, 1.165) is 0 Å². The van der Waals surface area contributed by atoms with Gasteiger partial charge in [-0.15, -0.1) is 0 Å². The Hall–Kier alpha value is -5.72. The minimum absolute atomic E-state index is 1.23. The van der Waals surface area contributed by atoms with E-state index in [4.69, 9.17) is 0 Å². The Kier molecular flexibility index (Phi) is 5.61. The Balaban J connectivity index is 1.47. The molecule has 0 aliphatic heterocycles. The van der Waals surface area contributed by atoms with Crippen LogP contribution in [0.2, 0.25) is 0 Å². The van der Waals surface area contributed by atoms with Crippen LogP contribution in [0.25, 0.3) is 87.2 Å². The van der Waals surface area contributed by atoms with E-state index < -0.39 is 0 Å². The molecule has 0 nitrogen and oxygen atoms in total. The summed E-state index contributed by atoms with van der Waals surface area (Å²) in [4.78, 5) is 0. The van der Waals surface area contributed by atoms with Crippen LogP contribution < -0.4 is 0 Å². The van der Waals surface area contributed by atoms with Crippen molar-refractivity contribution in [3.8, 4) is 33.4 Å². The first-order valence-electron chi connectivity index (χ1n) is 15.3. The fraction of sp³-hybridized carbons (Fsp3) is 0. The number of benzene rings is 9. The molecule has 204 valence electrons. The lowest BCUT2D eigenvalue weighted by molar-refractivity contribution is 1.61. The number of hydrogen-bond donors (Lipinski definition) is 0. The Labute approximate surface area is 256 Å². The van der Waals surface area contributed by atoms with Crippen LogP contribution in [0.15, 0.2) is 170 Å². The van der Waals surface area contributed by atoms with Crippen LogP contribution in [-0.4, -0.2) is 0 Å². The maximum Gasteiger partial charge on any atom is -0.00139 e. The molecule has 0 heteroatoms. The standard InChI is InChI=1S/C44H28/c1-2-12-29(13-3-1)34-16-8-9-19-37(34)44-39-21-11-10-20-38(39)42(40-27-26-31-15-5-7-18-36(31)43(40)44)33-25-24-32-23-22-30-14-4-6-17-35(30)41(32)28-33/h1-28H. The van der Waals surface area contributed by atoms with E-state index in [9.17, 15) is 0 Å². The number of hydrogen-bond acceptors (Lipinski definition) is 0. The molecule has 0 aliphatic carbocycles. The second kappa shape index (κ2) is 9.93. The summed E-state index contributed by atoms with van der Waals surface area (Å²) in [5.74, 6) is 0. The van der Waals surface area contributed by atoms with Gasteiger partial charge in [-0.1, -0.05) is 164 Å². The van der Waals surface area contributed by atoms with Crippen LogP contribution in [0.3, 0.4) is 0 Å². The zero-order chi connectivity index (χ0) is 29.0. The van der Waals surface area contributed by atoms with E-state index in [2.05, 4.69) is 170 Å². The smallest absolute Gasteiger partial charge is 0.00139 e. The molecular formula is C44H28. The van der Waals surface area contributed by atoms with Gasteiger partial charge >= 0.3 is 0 Å². The third kappa shape index (κ3) is 3.78. The minimum Gasteiger partial charge on any atom is -0.0622 e. The Morgan fingerprint density at radius 3 is 1.55 bits per heavy atom. The van der Waals surface area contributed by atoms with Crippen molar-refractivity contribution < 1.29 is 0 Å². The molecule has 44 heavy (non-hydrogen) atoms. The van der Waals surface area contributed by atoms with E-state index in [1.807, 2.05) is 0 Å². The van der Waals surface area contributed by atoms with Crippen molar-refractivity contribution in [1.29, 1.82) is 0 Å². The van der Waals surface area contributed by atoms with Gasteiger partial charge in [0.2, 0.25) is 0 Å². The van der Waals surface area contributed by atoms with Crippen LogP contribution in [0.4, 0.5) is 0 Å². The third-order valence-corrected chi connectivity index (χ3v) is 9.23. The van der Waals surface area contributed by atoms with Crippen LogP contribution in [0, 0.1) is 0 Å². The van der Waals surface area contributed by atoms with E-state index >= 15 is 0 Å². The lowest BCUT2D eigenvalue weighted by Gasteiger charge is -2.21. The largest absolute Gasteiger partial charge is 0.0622 e. The highest BCUT2D eigenvalue weighted by Gasteiger charge is 2.20. The number of fused-ring (bicyclic) bond motifs is 7. The topological polar surface area (TPSA) is 0 Å². The Morgan fingerprint density at radius 1 is 0.250 bits per heavy atom. The van der Waals surface area contributed by atoms with Crippen LogP contribution in [0.5, 0.6) is 0 Å². The van der Waals surface area contributed by atoms with Gasteiger partial charge in [-0.25, -0.2) is 0 Å². The average molecular weight is 557 g/mol. The first-order valence-corrected chi connectivity index (χ1v) is 15.3. The molecule has 0 bridgehead atoms. The summed E-state index contributed by atoms with van der Waals surface area (Å²) in [5.41, 5.74) is 7.56. The van der Waals surface area contributed by atoms with Gasteiger partial charge in [-0.2, -0.15) is 0 Å². The second-order valence-electron chi connectivity index (χ2n) is 11.6. The summed E-state index contributed by atoms with van der Waals surface area (Å²) in [6.45, 7) is 0. The van der Waals surface area contributed by atoms with Crippen LogP contribution in [0.1, 0.15) is 0 Å². The molecular weight excluding hydrogens is 528 g/mol. The molecule has 9 aromatic carbocycles. The maximum absolute atomic E-state index is 2.41. The van der Waals surface area contributed by atoms with Crippen LogP contribution >= 0.6 is 0 Å². The first kappa shape index (κ1) is 24.8. The monoisotopic (exact) mass is 556 g/mol. The average Bonchev–Trinajstić information content (AvgIpc) is 3.10. The third-order valence-electron chi connectivity index (χ3n) is 9.23. The van der Waals surface area contributed by atoms with Crippen molar-refractivity contribution in [2.24, 2.45) is 0 Å². The fourth-order valence-electron chi connectivity index (χ4n) is 7.27. The van der Waals surface area contributed by atoms with Crippen molar-refractivity contribution in [2.45, 2.75) is 0 Å². The first-order chi connectivity index (χ1) is 21.8. The zero-order valence-corrected chi connectivity index (χ0v) is 24.2. The molecule has 0 heterocycles. The summed E-state index contributed by atoms with van der Waals surface area (Å²) in [6.07, 6.45) is 0. The van der Waals surface area contributed by atoms with Gasteiger partial charge in [0.05, 0.1) is 0 Å². The van der Waals surface area contributed by atoms with Crippen molar-refractivity contribution in [3.05, 3.63) is 170 Å². The van der Waals surface area contributed by atoms with Crippen molar-refractivity contribution in [1.82, 2.24) is 0 Å². The summed E-state index contributed by atoms with van der Waals surface area (Å²) in [5, 5.41) is 12.8. The van der Waals surface area contributed by atoms with Gasteiger partial charge in [0.25, 0.3) is 0 Å². The summed E-state index contributed by atoms with van der Waals surface area (Å²) < 4.78 is 0. The molecule has 0 unspecified atom stereocenters. The molecule has 0 aromatic heterocycles. The van der Waals surface area contributed by atoms with Crippen LogP contribution in [-0.2, 0) is 0 Å². The van der Waals surface area contributed by atoms with Gasteiger partial charge in [0.15, 0.2) is 0 Å². The highest BCUT2D eigenvalue weighted by Crippen LogP contribution is 2.48. The molecule has 9 aromatic rings. The van der Waals surface area contributed by atoms with Gasteiger partial charge in [0, 0.05) is 0 Å². The number of rotatable bonds is 3. The normalized spacial score (nSPS) is 11.6. The molecule has 0 fully saturated rings. The highest BCUT2D eigenvalue weighted by atomic mass is 14.2. The molecule has 9 rings (SSSR count). The van der Waals surface area contributed by atoms with Crippen molar-refractivity contribution >= 4 is 53.9 Å². The second-order valence-corrected chi connectivity index (χ2v) is 11.6. The highest BCUT2D eigenvalue weighted by molar-refractivity contribution is 6.29. The molecule has 0 spiro atoms. The van der Waals surface area contributed by atoms with E-state index in [-0.39, 0.29) is 0 Å². The molecule has 0 atom stereocenters. The predicted molar refractivity (Wildman–Crippen MR) is 190 cm³/mol. The fourth-order valence-corrected chi connectivity index (χ4v) is 7.27. The minimum atomic E-state index is 1.23. The molecule has 0 N–H and O–H groups in total. The van der Waals surface area contributed by atoms with Crippen molar-refractivity contribution in [3.63, 3.8) is 0 Å². The van der Waals surface area contributed by atoms with E-state index in [0.29, 0.717) is 0 Å². The van der Waals surface area contributed by atoms with Gasteiger partial charge in [0.1, 0.15) is 0 Å². The summed E-state index contributed by atoms with van der Waals surface area (Å²) >= 11 is 0. The maximum atomic E-state index is 2.41. The molecule has 0 saturated heterocycles. The van der Waals surface area contributed by atoms with E-state index in [1.165, 1.54) is 87.2 Å².